The van der Waals surface area contributed by atoms with E-state index in [0.717, 1.165) is 0 Å². The molecule has 1 aromatic carbocycles. The third kappa shape index (κ3) is 2.13. The topological polar surface area (TPSA) is 78.7 Å². The van der Waals surface area contributed by atoms with Gasteiger partial charge in [-0.2, -0.15) is 0 Å². The molecule has 0 radical (unpaired) electrons. The fourth-order valence-corrected chi connectivity index (χ4v) is 2.63. The SMILES string of the molecule is CC1CC(=O)C=C(c2cc3c(cc2[N+](=O)[O-])OCO3)C1. The van der Waals surface area contributed by atoms with Crippen molar-refractivity contribution >= 4 is 17.0 Å². The summed E-state index contributed by atoms with van der Waals surface area (Å²) in [4.78, 5) is 22.4. The van der Waals surface area contributed by atoms with Gasteiger partial charge in [0.05, 0.1) is 16.6 Å². The summed E-state index contributed by atoms with van der Waals surface area (Å²) in [6.07, 6.45) is 2.64. The molecule has 0 N–H and O–H groups in total. The van der Waals surface area contributed by atoms with E-state index in [1.54, 1.807) is 6.07 Å². The number of carbonyl (C=O) groups is 1. The summed E-state index contributed by atoms with van der Waals surface area (Å²) in [6.45, 7) is 2.02. The van der Waals surface area contributed by atoms with Gasteiger partial charge in [-0.25, -0.2) is 0 Å². The fraction of sp³-hybridized carbons (Fsp3) is 0.357. The first-order valence-corrected chi connectivity index (χ1v) is 6.36. The normalized spacial score (nSPS) is 20.8. The van der Waals surface area contributed by atoms with Crippen molar-refractivity contribution < 1.29 is 19.2 Å². The van der Waals surface area contributed by atoms with Crippen molar-refractivity contribution in [2.24, 2.45) is 5.92 Å². The number of carbonyl (C=O) groups excluding carboxylic acids is 1. The highest BCUT2D eigenvalue weighted by Gasteiger charge is 2.28. The smallest absolute Gasteiger partial charge is 0.280 e. The number of nitro benzene ring substituents is 1. The number of ketones is 1. The van der Waals surface area contributed by atoms with E-state index in [4.69, 9.17) is 9.47 Å². The molecule has 0 spiro atoms. The maximum atomic E-state index is 11.7. The van der Waals surface area contributed by atoms with Gasteiger partial charge in [0.1, 0.15) is 0 Å². The van der Waals surface area contributed by atoms with Crippen LogP contribution in [-0.2, 0) is 4.79 Å². The molecule has 0 saturated heterocycles. The predicted molar refractivity (Wildman–Crippen MR) is 70.6 cm³/mol. The van der Waals surface area contributed by atoms with Crippen LogP contribution in [0.2, 0.25) is 0 Å². The van der Waals surface area contributed by atoms with E-state index in [-0.39, 0.29) is 24.2 Å². The minimum Gasteiger partial charge on any atom is -0.454 e. The first kappa shape index (κ1) is 12.7. The van der Waals surface area contributed by atoms with Crippen LogP contribution in [0.25, 0.3) is 5.57 Å². The van der Waals surface area contributed by atoms with E-state index in [0.29, 0.717) is 35.5 Å². The number of allylic oxidation sites excluding steroid dienone is 2. The van der Waals surface area contributed by atoms with Gasteiger partial charge in [0.25, 0.3) is 5.69 Å². The molecule has 0 amide bonds. The van der Waals surface area contributed by atoms with Crippen LogP contribution in [0.1, 0.15) is 25.3 Å². The minimum absolute atomic E-state index is 0.00529. The van der Waals surface area contributed by atoms with Crippen molar-refractivity contribution in [1.82, 2.24) is 0 Å². The molecule has 0 bridgehead atoms. The maximum Gasteiger partial charge on any atom is 0.280 e. The van der Waals surface area contributed by atoms with Gasteiger partial charge in [0.2, 0.25) is 6.79 Å². The second-order valence-electron chi connectivity index (χ2n) is 5.13. The highest BCUT2D eigenvalue weighted by Crippen LogP contribution is 2.42. The van der Waals surface area contributed by atoms with Crippen molar-refractivity contribution in [2.45, 2.75) is 19.8 Å². The van der Waals surface area contributed by atoms with Gasteiger partial charge in [-0.1, -0.05) is 6.92 Å². The van der Waals surface area contributed by atoms with Crippen LogP contribution in [0.5, 0.6) is 11.5 Å². The Balaban J connectivity index is 2.13. The molecule has 0 aromatic heterocycles. The molecule has 1 atom stereocenters. The quantitative estimate of drug-likeness (QED) is 0.612. The van der Waals surface area contributed by atoms with Crippen LogP contribution in [-0.4, -0.2) is 17.5 Å². The van der Waals surface area contributed by atoms with E-state index in [2.05, 4.69) is 0 Å². The molecule has 1 unspecified atom stereocenters. The molecule has 0 fully saturated rings. The van der Waals surface area contributed by atoms with Crippen LogP contribution in [0.15, 0.2) is 18.2 Å². The van der Waals surface area contributed by atoms with Crippen LogP contribution in [0.4, 0.5) is 5.69 Å². The zero-order valence-electron chi connectivity index (χ0n) is 10.9. The Bertz CT molecular complexity index is 635. The summed E-state index contributed by atoms with van der Waals surface area (Å²) in [5.74, 6) is 1.05. The first-order valence-electron chi connectivity index (χ1n) is 6.36. The van der Waals surface area contributed by atoms with Crippen molar-refractivity contribution in [1.29, 1.82) is 0 Å². The van der Waals surface area contributed by atoms with Crippen LogP contribution < -0.4 is 9.47 Å². The van der Waals surface area contributed by atoms with Crippen molar-refractivity contribution in [3.05, 3.63) is 33.9 Å². The van der Waals surface area contributed by atoms with Gasteiger partial charge in [-0.05, 0) is 30.1 Å². The molecular formula is C14H13NO5. The van der Waals surface area contributed by atoms with Gasteiger partial charge in [0.15, 0.2) is 17.3 Å². The zero-order valence-corrected chi connectivity index (χ0v) is 10.9. The first-order chi connectivity index (χ1) is 9.54. The molecule has 1 heterocycles. The van der Waals surface area contributed by atoms with E-state index >= 15 is 0 Å². The number of benzene rings is 1. The summed E-state index contributed by atoms with van der Waals surface area (Å²) in [7, 11) is 0. The maximum absolute atomic E-state index is 11.7. The minimum atomic E-state index is -0.456. The lowest BCUT2D eigenvalue weighted by Crippen LogP contribution is -2.11. The molecule has 1 aromatic rings. The summed E-state index contributed by atoms with van der Waals surface area (Å²) in [5.41, 5.74) is 1.08. The number of rotatable bonds is 2. The number of nitrogens with zero attached hydrogens (tertiary/aromatic N) is 1. The van der Waals surface area contributed by atoms with E-state index in [1.807, 2.05) is 6.92 Å². The molecule has 6 nitrogen and oxygen atoms in total. The fourth-order valence-electron chi connectivity index (χ4n) is 2.63. The standard InChI is InChI=1S/C14H13NO5/c1-8-2-9(4-10(16)3-8)11-5-13-14(20-7-19-13)6-12(11)15(17)18/h4-6,8H,2-3,7H2,1H3. The number of hydrogen-bond acceptors (Lipinski definition) is 5. The second kappa shape index (κ2) is 4.63. The lowest BCUT2D eigenvalue weighted by molar-refractivity contribution is -0.385. The Morgan fingerprint density at radius 3 is 2.60 bits per heavy atom. The number of fused-ring (bicyclic) bond motifs is 1. The summed E-state index contributed by atoms with van der Waals surface area (Å²) in [5, 5.41) is 11.2. The number of nitro groups is 1. The largest absolute Gasteiger partial charge is 0.454 e. The third-order valence-corrected chi connectivity index (χ3v) is 3.49. The van der Waals surface area contributed by atoms with Crippen LogP contribution in [0, 0.1) is 16.0 Å². The summed E-state index contributed by atoms with van der Waals surface area (Å²) >= 11 is 0. The summed E-state index contributed by atoms with van der Waals surface area (Å²) < 4.78 is 10.4. The molecule has 20 heavy (non-hydrogen) atoms. The molecule has 1 aliphatic carbocycles. The zero-order chi connectivity index (χ0) is 14.3. The third-order valence-electron chi connectivity index (χ3n) is 3.49. The average Bonchev–Trinajstić information content (AvgIpc) is 2.83. The Hall–Kier alpha value is -2.37. The molecule has 0 saturated carbocycles. The Labute approximate surface area is 115 Å². The highest BCUT2D eigenvalue weighted by atomic mass is 16.7. The van der Waals surface area contributed by atoms with Gasteiger partial charge in [0, 0.05) is 6.42 Å². The molecule has 3 rings (SSSR count). The molecular weight excluding hydrogens is 262 g/mol. The lowest BCUT2D eigenvalue weighted by Gasteiger charge is -2.18. The van der Waals surface area contributed by atoms with E-state index in [9.17, 15) is 14.9 Å². The highest BCUT2D eigenvalue weighted by molar-refractivity contribution is 5.99. The van der Waals surface area contributed by atoms with Crippen molar-refractivity contribution in [3.8, 4) is 11.5 Å². The van der Waals surface area contributed by atoms with Gasteiger partial charge < -0.3 is 9.47 Å². The second-order valence-corrected chi connectivity index (χ2v) is 5.13. The lowest BCUT2D eigenvalue weighted by atomic mass is 9.85. The molecule has 2 aliphatic rings. The van der Waals surface area contributed by atoms with E-state index in [1.165, 1.54) is 12.1 Å². The summed E-state index contributed by atoms with van der Waals surface area (Å²) in [6, 6.07) is 2.96. The predicted octanol–water partition coefficient (Wildman–Crippen LogP) is 2.71. The van der Waals surface area contributed by atoms with Crippen molar-refractivity contribution in [2.75, 3.05) is 6.79 Å². The van der Waals surface area contributed by atoms with Crippen LogP contribution in [0.3, 0.4) is 0 Å². The molecule has 1 aliphatic heterocycles. The van der Waals surface area contributed by atoms with Gasteiger partial charge in [-0.15, -0.1) is 0 Å². The molecule has 6 heteroatoms. The van der Waals surface area contributed by atoms with Crippen LogP contribution >= 0.6 is 0 Å². The number of hydrogen-bond donors (Lipinski definition) is 0. The number of ether oxygens (including phenoxy) is 2. The van der Waals surface area contributed by atoms with Gasteiger partial charge >= 0.3 is 0 Å². The van der Waals surface area contributed by atoms with Crippen molar-refractivity contribution in [3.63, 3.8) is 0 Å². The Morgan fingerprint density at radius 1 is 1.25 bits per heavy atom. The molecule has 104 valence electrons. The monoisotopic (exact) mass is 275 g/mol. The Kier molecular flexibility index (Phi) is 2.93. The van der Waals surface area contributed by atoms with E-state index < -0.39 is 4.92 Å². The Morgan fingerprint density at radius 2 is 1.95 bits per heavy atom. The average molecular weight is 275 g/mol. The van der Waals surface area contributed by atoms with Gasteiger partial charge in [-0.3, -0.25) is 14.9 Å².